The minimum Gasteiger partial charge on any atom is -0.480 e. The lowest BCUT2D eigenvalue weighted by Crippen LogP contribution is -1.92. The van der Waals surface area contributed by atoms with Crippen LogP contribution in [0.1, 0.15) is 11.3 Å². The summed E-state index contributed by atoms with van der Waals surface area (Å²) in [7, 11) is 1.56. The molecule has 0 atom stereocenters. The first-order valence-corrected chi connectivity index (χ1v) is 3.26. The van der Waals surface area contributed by atoms with Gasteiger partial charge in [0.1, 0.15) is 0 Å². The van der Waals surface area contributed by atoms with E-state index in [0.29, 0.717) is 11.4 Å². The zero-order valence-corrected chi connectivity index (χ0v) is 6.59. The molecule has 1 heterocycles. The average molecular weight is 147 g/mol. The molecule has 1 rings (SSSR count). The molecule has 0 saturated carbocycles. The number of methoxy groups -OCH3 is 1. The van der Waals surface area contributed by atoms with Crippen LogP contribution in [0.15, 0.2) is 12.1 Å². The van der Waals surface area contributed by atoms with Crippen molar-refractivity contribution in [1.29, 1.82) is 0 Å². The number of pyridine rings is 1. The fourth-order valence-corrected chi connectivity index (χ4v) is 0.798. The largest absolute Gasteiger partial charge is 0.480 e. The van der Waals surface area contributed by atoms with Crippen LogP contribution in [-0.2, 0) is 0 Å². The van der Waals surface area contributed by atoms with Crippen molar-refractivity contribution < 1.29 is 4.74 Å². The summed E-state index contributed by atoms with van der Waals surface area (Å²) < 4.78 is 4.96. The van der Waals surface area contributed by atoms with Crippen molar-refractivity contribution in [2.75, 3.05) is 7.11 Å². The van der Waals surface area contributed by atoms with Gasteiger partial charge in [0.05, 0.1) is 12.7 Å². The molecular formula is C9H9NO. The summed E-state index contributed by atoms with van der Waals surface area (Å²) in [4.78, 5) is 4.10. The second kappa shape index (κ2) is 3.07. The minimum atomic E-state index is 0.521. The number of rotatable bonds is 1. The van der Waals surface area contributed by atoms with Crippen LogP contribution in [0.2, 0.25) is 0 Å². The van der Waals surface area contributed by atoms with Gasteiger partial charge in [-0.2, -0.15) is 0 Å². The third-order valence-corrected chi connectivity index (χ3v) is 1.35. The molecule has 2 nitrogen and oxygen atoms in total. The normalized spacial score (nSPS) is 8.82. The Morgan fingerprint density at radius 1 is 1.55 bits per heavy atom. The van der Waals surface area contributed by atoms with Crippen molar-refractivity contribution in [2.45, 2.75) is 6.92 Å². The lowest BCUT2D eigenvalue weighted by atomic mass is 10.2. The molecule has 0 unspecified atom stereocenters. The van der Waals surface area contributed by atoms with Crippen molar-refractivity contribution in [1.82, 2.24) is 4.98 Å². The maximum Gasteiger partial charge on any atom is 0.229 e. The Morgan fingerprint density at radius 2 is 2.27 bits per heavy atom. The van der Waals surface area contributed by atoms with Crippen LogP contribution in [0.5, 0.6) is 5.88 Å². The zero-order chi connectivity index (χ0) is 8.27. The van der Waals surface area contributed by atoms with Crippen molar-refractivity contribution in [3.05, 3.63) is 23.4 Å². The Balaban J connectivity index is 3.19. The second-order valence-electron chi connectivity index (χ2n) is 2.15. The van der Waals surface area contributed by atoms with Gasteiger partial charge in [-0.1, -0.05) is 5.92 Å². The van der Waals surface area contributed by atoms with E-state index >= 15 is 0 Å². The monoisotopic (exact) mass is 147 g/mol. The Hall–Kier alpha value is -1.49. The first kappa shape index (κ1) is 7.62. The van der Waals surface area contributed by atoms with Gasteiger partial charge >= 0.3 is 0 Å². The molecule has 2 heteroatoms. The summed E-state index contributed by atoms with van der Waals surface area (Å²) in [5, 5.41) is 0. The number of nitrogens with zero attached hydrogens (tertiary/aromatic N) is 1. The van der Waals surface area contributed by atoms with E-state index in [9.17, 15) is 0 Å². The third kappa shape index (κ3) is 1.50. The highest BCUT2D eigenvalue weighted by molar-refractivity contribution is 5.40. The summed E-state index contributed by atoms with van der Waals surface area (Å²) >= 11 is 0. The minimum absolute atomic E-state index is 0.521. The first-order chi connectivity index (χ1) is 5.27. The van der Waals surface area contributed by atoms with Gasteiger partial charge in [0.25, 0.3) is 0 Å². The molecular weight excluding hydrogens is 138 g/mol. The standard InChI is InChI=1S/C9H9NO/c1-4-8-6-5-7(2)10-9(8)11-3/h1,5-6H,2-3H3. The Morgan fingerprint density at radius 3 is 2.82 bits per heavy atom. The highest BCUT2D eigenvalue weighted by atomic mass is 16.5. The van der Waals surface area contributed by atoms with E-state index in [-0.39, 0.29) is 0 Å². The summed E-state index contributed by atoms with van der Waals surface area (Å²) in [5.74, 6) is 3.01. The predicted octanol–water partition coefficient (Wildman–Crippen LogP) is 1.38. The maximum atomic E-state index is 5.21. The molecule has 0 spiro atoms. The highest BCUT2D eigenvalue weighted by Crippen LogP contribution is 2.13. The van der Waals surface area contributed by atoms with Gasteiger partial charge in [-0.3, -0.25) is 0 Å². The molecule has 56 valence electrons. The highest BCUT2D eigenvalue weighted by Gasteiger charge is 1.99. The van der Waals surface area contributed by atoms with Crippen molar-refractivity contribution >= 4 is 0 Å². The number of ether oxygens (including phenoxy) is 1. The van der Waals surface area contributed by atoms with Crippen LogP contribution >= 0.6 is 0 Å². The van der Waals surface area contributed by atoms with Gasteiger partial charge in [-0.25, -0.2) is 4.98 Å². The topological polar surface area (TPSA) is 22.1 Å². The van der Waals surface area contributed by atoms with Gasteiger partial charge in [0, 0.05) is 5.69 Å². The lowest BCUT2D eigenvalue weighted by Gasteiger charge is -2.01. The van der Waals surface area contributed by atoms with Gasteiger partial charge in [0.15, 0.2) is 0 Å². The second-order valence-corrected chi connectivity index (χ2v) is 2.15. The van der Waals surface area contributed by atoms with E-state index in [0.717, 1.165) is 5.69 Å². The van der Waals surface area contributed by atoms with Crippen LogP contribution in [0.3, 0.4) is 0 Å². The van der Waals surface area contributed by atoms with E-state index in [1.54, 1.807) is 7.11 Å². The van der Waals surface area contributed by atoms with E-state index in [1.807, 2.05) is 19.1 Å². The number of aromatic nitrogens is 1. The van der Waals surface area contributed by atoms with Gasteiger partial charge in [0.2, 0.25) is 5.88 Å². The summed E-state index contributed by atoms with van der Waals surface area (Å²) in [6, 6.07) is 3.68. The molecule has 0 amide bonds. The van der Waals surface area contributed by atoms with E-state index in [2.05, 4.69) is 10.9 Å². The van der Waals surface area contributed by atoms with Crippen molar-refractivity contribution in [3.8, 4) is 18.2 Å². The molecule has 0 aromatic carbocycles. The molecule has 0 radical (unpaired) electrons. The van der Waals surface area contributed by atoms with Gasteiger partial charge in [-0.05, 0) is 19.1 Å². The molecule has 0 N–H and O–H groups in total. The molecule has 1 aromatic heterocycles. The van der Waals surface area contributed by atoms with E-state index < -0.39 is 0 Å². The number of hydrogen-bond acceptors (Lipinski definition) is 2. The molecule has 0 fully saturated rings. The third-order valence-electron chi connectivity index (χ3n) is 1.35. The van der Waals surface area contributed by atoms with E-state index in [4.69, 9.17) is 11.2 Å². The Kier molecular flexibility index (Phi) is 2.12. The van der Waals surface area contributed by atoms with Gasteiger partial charge < -0.3 is 4.74 Å². The van der Waals surface area contributed by atoms with Crippen molar-refractivity contribution in [3.63, 3.8) is 0 Å². The molecule has 11 heavy (non-hydrogen) atoms. The number of aryl methyl sites for hydroxylation is 1. The number of hydrogen-bond donors (Lipinski definition) is 0. The molecule has 0 saturated heterocycles. The lowest BCUT2D eigenvalue weighted by molar-refractivity contribution is 0.395. The molecule has 0 aliphatic carbocycles. The summed E-state index contributed by atoms with van der Waals surface area (Å²) in [6.07, 6.45) is 5.21. The van der Waals surface area contributed by atoms with Crippen LogP contribution in [0.4, 0.5) is 0 Å². The smallest absolute Gasteiger partial charge is 0.229 e. The predicted molar refractivity (Wildman–Crippen MR) is 43.5 cm³/mol. The van der Waals surface area contributed by atoms with Gasteiger partial charge in [-0.15, -0.1) is 6.42 Å². The summed E-state index contributed by atoms with van der Waals surface area (Å²) in [6.45, 7) is 1.89. The Labute approximate surface area is 66.2 Å². The van der Waals surface area contributed by atoms with Crippen LogP contribution < -0.4 is 4.74 Å². The summed E-state index contributed by atoms with van der Waals surface area (Å²) in [5.41, 5.74) is 1.60. The molecule has 0 bridgehead atoms. The zero-order valence-electron chi connectivity index (χ0n) is 6.59. The average Bonchev–Trinajstić information content (AvgIpc) is 2.04. The first-order valence-electron chi connectivity index (χ1n) is 3.26. The van der Waals surface area contributed by atoms with Crippen LogP contribution in [-0.4, -0.2) is 12.1 Å². The molecule has 1 aromatic rings. The quantitative estimate of drug-likeness (QED) is 0.560. The fourth-order valence-electron chi connectivity index (χ4n) is 0.798. The SMILES string of the molecule is C#Cc1ccc(C)nc1OC. The van der Waals surface area contributed by atoms with E-state index in [1.165, 1.54) is 0 Å². The fraction of sp³-hybridized carbons (Fsp3) is 0.222. The van der Waals surface area contributed by atoms with Crippen LogP contribution in [0, 0.1) is 19.3 Å². The van der Waals surface area contributed by atoms with Crippen LogP contribution in [0.25, 0.3) is 0 Å². The van der Waals surface area contributed by atoms with Crippen molar-refractivity contribution in [2.24, 2.45) is 0 Å². The maximum absolute atomic E-state index is 5.21. The Bertz CT molecular complexity index is 299. The number of terminal acetylenes is 1. The molecule has 0 aliphatic heterocycles. The molecule has 0 aliphatic rings.